The van der Waals surface area contributed by atoms with Crippen LogP contribution >= 0.6 is 15.9 Å². The number of ether oxygens (including phenoxy) is 1. The van der Waals surface area contributed by atoms with Gasteiger partial charge in [-0.3, -0.25) is 0 Å². The molecule has 0 aromatic heterocycles. The van der Waals surface area contributed by atoms with Crippen molar-refractivity contribution in [1.82, 2.24) is 0 Å². The van der Waals surface area contributed by atoms with Crippen molar-refractivity contribution in [2.45, 2.75) is 44.3 Å². The predicted molar refractivity (Wildman–Crippen MR) is 73.7 cm³/mol. The molecule has 18 heavy (non-hydrogen) atoms. The second kappa shape index (κ2) is 5.59. The lowest BCUT2D eigenvalue weighted by atomic mass is 10.0. The Morgan fingerprint density at radius 2 is 2.06 bits per heavy atom. The fraction of sp³-hybridized carbons (Fsp3) is 0.571. The second-order valence-electron chi connectivity index (χ2n) is 5.08. The third kappa shape index (κ3) is 3.25. The van der Waals surface area contributed by atoms with Crippen LogP contribution in [0.15, 0.2) is 22.7 Å². The molecule has 4 heteroatoms. The molecular formula is C14H19BrO3. The van der Waals surface area contributed by atoms with Crippen LogP contribution in [0, 0.1) is 0 Å². The van der Waals surface area contributed by atoms with Crippen LogP contribution < -0.4 is 4.74 Å². The zero-order valence-electron chi connectivity index (χ0n) is 10.5. The molecule has 0 amide bonds. The van der Waals surface area contributed by atoms with Gasteiger partial charge in [-0.2, -0.15) is 0 Å². The maximum absolute atomic E-state index is 10.2. The van der Waals surface area contributed by atoms with Gasteiger partial charge in [-0.15, -0.1) is 0 Å². The Morgan fingerprint density at radius 3 is 2.67 bits per heavy atom. The van der Waals surface area contributed by atoms with Crippen LogP contribution in [-0.4, -0.2) is 22.4 Å². The first-order valence-corrected chi connectivity index (χ1v) is 7.12. The molecule has 1 aliphatic rings. The van der Waals surface area contributed by atoms with Gasteiger partial charge in [0.05, 0.1) is 11.7 Å². The van der Waals surface area contributed by atoms with Crippen LogP contribution in [-0.2, 0) is 0 Å². The molecule has 0 radical (unpaired) electrons. The molecular weight excluding hydrogens is 296 g/mol. The second-order valence-corrected chi connectivity index (χ2v) is 5.99. The molecule has 1 aliphatic carbocycles. The number of halogens is 1. The molecule has 1 aromatic carbocycles. The molecule has 2 N–H and O–H groups in total. The first-order valence-electron chi connectivity index (χ1n) is 6.33. The van der Waals surface area contributed by atoms with E-state index in [1.807, 2.05) is 18.2 Å². The van der Waals surface area contributed by atoms with Crippen molar-refractivity contribution in [2.75, 3.05) is 6.61 Å². The Labute approximate surface area is 116 Å². The van der Waals surface area contributed by atoms with Crippen molar-refractivity contribution in [3.8, 4) is 5.75 Å². The summed E-state index contributed by atoms with van der Waals surface area (Å²) in [6.07, 6.45) is 3.13. The van der Waals surface area contributed by atoms with Gasteiger partial charge in [-0.25, -0.2) is 0 Å². The number of hydrogen-bond donors (Lipinski definition) is 2. The van der Waals surface area contributed by atoms with Gasteiger partial charge >= 0.3 is 0 Å². The number of rotatable bonds is 4. The Kier molecular flexibility index (Phi) is 4.30. The summed E-state index contributed by atoms with van der Waals surface area (Å²) in [7, 11) is 0. The molecule has 0 spiro atoms. The van der Waals surface area contributed by atoms with Crippen LogP contribution in [0.1, 0.15) is 44.3 Å². The summed E-state index contributed by atoms with van der Waals surface area (Å²) in [6.45, 7) is 2.01. The monoisotopic (exact) mass is 314 g/mol. The highest BCUT2D eigenvalue weighted by atomic mass is 79.9. The molecule has 2 rings (SSSR count). The minimum absolute atomic E-state index is 0.300. The largest absolute Gasteiger partial charge is 0.490 e. The van der Waals surface area contributed by atoms with Crippen molar-refractivity contribution in [3.05, 3.63) is 28.2 Å². The van der Waals surface area contributed by atoms with Gasteiger partial charge in [0, 0.05) is 10.0 Å². The molecule has 3 nitrogen and oxygen atoms in total. The molecule has 1 unspecified atom stereocenters. The fourth-order valence-electron chi connectivity index (χ4n) is 2.37. The van der Waals surface area contributed by atoms with E-state index >= 15 is 0 Å². The first-order chi connectivity index (χ1) is 8.50. The number of aliphatic hydroxyl groups is 2. The average molecular weight is 315 g/mol. The summed E-state index contributed by atoms with van der Waals surface area (Å²) in [4.78, 5) is 0. The van der Waals surface area contributed by atoms with E-state index in [1.165, 1.54) is 0 Å². The van der Waals surface area contributed by atoms with Crippen LogP contribution in [0.3, 0.4) is 0 Å². The Balaban J connectivity index is 2.09. The van der Waals surface area contributed by atoms with E-state index in [4.69, 9.17) is 4.74 Å². The smallest absolute Gasteiger partial charge is 0.125 e. The van der Waals surface area contributed by atoms with Gasteiger partial charge in [0.1, 0.15) is 12.4 Å². The van der Waals surface area contributed by atoms with Crippen LogP contribution in [0.4, 0.5) is 0 Å². The lowest BCUT2D eigenvalue weighted by Gasteiger charge is -2.23. The minimum Gasteiger partial charge on any atom is -0.490 e. The predicted octanol–water partition coefficient (Wildman–Crippen LogP) is 3.19. The van der Waals surface area contributed by atoms with Crippen LogP contribution in [0.5, 0.6) is 5.75 Å². The summed E-state index contributed by atoms with van der Waals surface area (Å²) in [5, 5.41) is 20.0. The van der Waals surface area contributed by atoms with E-state index < -0.39 is 11.7 Å². The first kappa shape index (κ1) is 13.8. The van der Waals surface area contributed by atoms with Crippen LogP contribution in [0.25, 0.3) is 0 Å². The zero-order valence-corrected chi connectivity index (χ0v) is 12.1. The van der Waals surface area contributed by atoms with E-state index in [-0.39, 0.29) is 0 Å². The van der Waals surface area contributed by atoms with Gasteiger partial charge in [0.15, 0.2) is 0 Å². The molecule has 1 aromatic rings. The summed E-state index contributed by atoms with van der Waals surface area (Å²) in [6, 6.07) is 5.54. The van der Waals surface area contributed by atoms with E-state index in [0.717, 1.165) is 35.7 Å². The van der Waals surface area contributed by atoms with Gasteiger partial charge in [0.2, 0.25) is 0 Å². The summed E-state index contributed by atoms with van der Waals surface area (Å²) >= 11 is 3.38. The minimum atomic E-state index is -0.691. The molecule has 100 valence electrons. The normalized spacial score (nSPS) is 19.8. The van der Waals surface area contributed by atoms with Gasteiger partial charge in [-0.05, 0) is 38.0 Å². The third-order valence-electron chi connectivity index (χ3n) is 3.45. The Bertz CT molecular complexity index is 412. The molecule has 0 bridgehead atoms. The van der Waals surface area contributed by atoms with Gasteiger partial charge in [-0.1, -0.05) is 28.8 Å². The standard InChI is InChI=1S/C14H19BrO3/c1-10(16)12-8-11(15)4-5-13(12)18-9-14(17)6-2-3-7-14/h4-5,8,10,16-17H,2-3,6-7,9H2,1H3. The molecule has 1 fully saturated rings. The molecule has 1 saturated carbocycles. The summed E-state index contributed by atoms with van der Waals surface area (Å²) in [5.41, 5.74) is 0.0502. The van der Waals surface area contributed by atoms with E-state index in [2.05, 4.69) is 15.9 Å². The van der Waals surface area contributed by atoms with Gasteiger partial charge < -0.3 is 14.9 Å². The highest BCUT2D eigenvalue weighted by molar-refractivity contribution is 9.10. The number of benzene rings is 1. The van der Waals surface area contributed by atoms with Gasteiger partial charge in [0.25, 0.3) is 0 Å². The lowest BCUT2D eigenvalue weighted by molar-refractivity contribution is 0.000468. The summed E-state index contributed by atoms with van der Waals surface area (Å²) < 4.78 is 6.62. The Hall–Kier alpha value is -0.580. The van der Waals surface area contributed by atoms with Crippen molar-refractivity contribution in [2.24, 2.45) is 0 Å². The summed E-state index contributed by atoms with van der Waals surface area (Å²) in [5.74, 6) is 0.647. The maximum Gasteiger partial charge on any atom is 0.125 e. The van der Waals surface area contributed by atoms with E-state index in [9.17, 15) is 10.2 Å². The Morgan fingerprint density at radius 1 is 1.39 bits per heavy atom. The molecule has 0 saturated heterocycles. The fourth-order valence-corrected chi connectivity index (χ4v) is 2.75. The molecule has 1 atom stereocenters. The van der Waals surface area contributed by atoms with Crippen molar-refractivity contribution < 1.29 is 14.9 Å². The van der Waals surface area contributed by atoms with Crippen molar-refractivity contribution >= 4 is 15.9 Å². The highest BCUT2D eigenvalue weighted by Gasteiger charge is 2.32. The average Bonchev–Trinajstić information content (AvgIpc) is 2.75. The topological polar surface area (TPSA) is 49.7 Å². The highest BCUT2D eigenvalue weighted by Crippen LogP contribution is 2.33. The van der Waals surface area contributed by atoms with E-state index in [1.54, 1.807) is 6.92 Å². The third-order valence-corrected chi connectivity index (χ3v) is 3.95. The van der Waals surface area contributed by atoms with E-state index in [0.29, 0.717) is 12.4 Å². The SMILES string of the molecule is CC(O)c1cc(Br)ccc1OCC1(O)CCCC1. The zero-order chi connectivity index (χ0) is 13.2. The maximum atomic E-state index is 10.2. The number of hydrogen-bond acceptors (Lipinski definition) is 3. The lowest BCUT2D eigenvalue weighted by Crippen LogP contribution is -2.32. The number of aliphatic hydroxyl groups excluding tert-OH is 1. The molecule has 0 heterocycles. The molecule has 0 aliphatic heterocycles. The van der Waals surface area contributed by atoms with Crippen LogP contribution in [0.2, 0.25) is 0 Å². The van der Waals surface area contributed by atoms with Crippen molar-refractivity contribution in [3.63, 3.8) is 0 Å². The quantitative estimate of drug-likeness (QED) is 0.897. The van der Waals surface area contributed by atoms with Crippen molar-refractivity contribution in [1.29, 1.82) is 0 Å².